The Hall–Kier alpha value is -4.00. The second-order valence-corrected chi connectivity index (χ2v) is 9.71. The van der Waals surface area contributed by atoms with E-state index in [9.17, 15) is 4.79 Å². The van der Waals surface area contributed by atoms with Gasteiger partial charge in [-0.15, -0.1) is 0 Å². The molecule has 4 aromatic rings. The molecule has 1 atom stereocenters. The molecule has 1 aromatic heterocycles. The van der Waals surface area contributed by atoms with E-state index in [0.717, 1.165) is 47.6 Å². The molecule has 0 aliphatic carbocycles. The number of nitrogens with one attached hydrogen (secondary N) is 1. The van der Waals surface area contributed by atoms with Crippen LogP contribution in [0.15, 0.2) is 66.7 Å². The summed E-state index contributed by atoms with van der Waals surface area (Å²) in [5, 5.41) is 3.03. The van der Waals surface area contributed by atoms with Crippen LogP contribution in [0.2, 0.25) is 0 Å². The maximum absolute atomic E-state index is 12.6. The number of para-hydroxylation sites is 2. The third kappa shape index (κ3) is 7.31. The van der Waals surface area contributed by atoms with Crippen molar-refractivity contribution in [3.05, 3.63) is 83.7 Å². The predicted molar refractivity (Wildman–Crippen MR) is 155 cm³/mol. The van der Waals surface area contributed by atoms with Gasteiger partial charge in [-0.05, 0) is 66.3 Å². The van der Waals surface area contributed by atoms with Gasteiger partial charge in [-0.3, -0.25) is 4.79 Å². The third-order valence-electron chi connectivity index (χ3n) is 7.07. The Kier molecular flexibility index (Phi) is 9.84. The van der Waals surface area contributed by atoms with Gasteiger partial charge in [0.15, 0.2) is 11.5 Å². The summed E-state index contributed by atoms with van der Waals surface area (Å²) in [6.07, 6.45) is 2.89. The van der Waals surface area contributed by atoms with Crippen molar-refractivity contribution < 1.29 is 19.0 Å². The number of nitrogens with zero attached hydrogens (tertiary/aromatic N) is 2. The SMILES string of the molecule is CCC(C)c1ccc(OCCCn2c(CCNC(=O)Cc3ccc(OC)c(OC)c3)nc3ccccc32)cc1. The maximum atomic E-state index is 12.6. The highest BCUT2D eigenvalue weighted by Crippen LogP contribution is 2.27. The highest BCUT2D eigenvalue weighted by atomic mass is 16.5. The number of hydrogen-bond acceptors (Lipinski definition) is 5. The summed E-state index contributed by atoms with van der Waals surface area (Å²) in [4.78, 5) is 17.5. The molecule has 0 aliphatic heterocycles. The zero-order valence-corrected chi connectivity index (χ0v) is 23.4. The number of ether oxygens (including phenoxy) is 3. The number of amides is 1. The summed E-state index contributed by atoms with van der Waals surface area (Å²) in [7, 11) is 3.18. The number of aromatic nitrogens is 2. The van der Waals surface area contributed by atoms with E-state index in [1.807, 2.05) is 36.4 Å². The average Bonchev–Trinajstić information content (AvgIpc) is 3.32. The molecular formula is C32H39N3O4. The molecule has 4 rings (SSSR count). The standard InChI is InChI=1S/C32H39N3O4/c1-5-23(2)25-12-14-26(15-13-25)39-20-8-19-35-28-10-7-6-9-27(28)34-31(35)17-18-33-32(36)22-24-11-16-29(37-3)30(21-24)38-4/h6-7,9-16,21,23H,5,8,17-20,22H2,1-4H3,(H,33,36). The second-order valence-electron chi connectivity index (χ2n) is 9.71. The molecule has 0 saturated heterocycles. The molecule has 206 valence electrons. The van der Waals surface area contributed by atoms with Crippen molar-refractivity contribution in [3.8, 4) is 17.2 Å². The molecule has 0 fully saturated rings. The molecule has 0 spiro atoms. The highest BCUT2D eigenvalue weighted by Gasteiger charge is 2.12. The monoisotopic (exact) mass is 529 g/mol. The smallest absolute Gasteiger partial charge is 0.224 e. The summed E-state index contributed by atoms with van der Waals surface area (Å²) in [5.74, 6) is 3.63. The van der Waals surface area contributed by atoms with Crippen molar-refractivity contribution in [2.24, 2.45) is 0 Å². The summed E-state index contributed by atoms with van der Waals surface area (Å²) in [6, 6.07) is 22.1. The van der Waals surface area contributed by atoms with Gasteiger partial charge in [0.2, 0.25) is 5.91 Å². The number of fused-ring (bicyclic) bond motifs is 1. The molecule has 1 N–H and O–H groups in total. The van der Waals surface area contributed by atoms with E-state index < -0.39 is 0 Å². The molecule has 0 radical (unpaired) electrons. The van der Waals surface area contributed by atoms with Crippen LogP contribution in [0.25, 0.3) is 11.0 Å². The number of rotatable bonds is 14. The average molecular weight is 530 g/mol. The quantitative estimate of drug-likeness (QED) is 0.205. The number of aryl methyl sites for hydroxylation is 1. The van der Waals surface area contributed by atoms with Crippen LogP contribution in [0.5, 0.6) is 17.2 Å². The predicted octanol–water partition coefficient (Wildman–Crippen LogP) is 5.94. The summed E-state index contributed by atoms with van der Waals surface area (Å²) >= 11 is 0. The van der Waals surface area contributed by atoms with Crippen LogP contribution in [0, 0.1) is 0 Å². The summed E-state index contributed by atoms with van der Waals surface area (Å²) in [5.41, 5.74) is 4.27. The maximum Gasteiger partial charge on any atom is 0.224 e. The van der Waals surface area contributed by atoms with Gasteiger partial charge < -0.3 is 24.1 Å². The molecule has 1 unspecified atom stereocenters. The lowest BCUT2D eigenvalue weighted by Crippen LogP contribution is -2.28. The fraction of sp³-hybridized carbons (Fsp3) is 0.375. The Balaban J connectivity index is 1.31. The Bertz CT molecular complexity index is 1360. The molecule has 0 saturated carbocycles. The third-order valence-corrected chi connectivity index (χ3v) is 7.07. The first-order valence-electron chi connectivity index (χ1n) is 13.7. The number of carbonyl (C=O) groups excluding carboxylic acids is 1. The summed E-state index contributed by atoms with van der Waals surface area (Å²) in [6.45, 7) is 6.37. The van der Waals surface area contributed by atoms with Gasteiger partial charge in [-0.25, -0.2) is 4.98 Å². The fourth-order valence-electron chi connectivity index (χ4n) is 4.66. The fourth-order valence-corrected chi connectivity index (χ4v) is 4.66. The molecular weight excluding hydrogens is 490 g/mol. The Labute approximate surface area is 231 Å². The zero-order chi connectivity index (χ0) is 27.6. The normalized spacial score (nSPS) is 11.8. The van der Waals surface area contributed by atoms with Gasteiger partial charge in [-0.2, -0.15) is 0 Å². The molecule has 0 aliphatic rings. The van der Waals surface area contributed by atoms with Crippen molar-refractivity contribution in [1.29, 1.82) is 0 Å². The molecule has 0 bridgehead atoms. The Morgan fingerprint density at radius 2 is 1.77 bits per heavy atom. The molecule has 1 heterocycles. The van der Waals surface area contributed by atoms with Gasteiger partial charge in [0.05, 0.1) is 38.3 Å². The topological polar surface area (TPSA) is 74.6 Å². The number of carbonyl (C=O) groups is 1. The number of hydrogen-bond donors (Lipinski definition) is 1. The van der Waals surface area contributed by atoms with Crippen molar-refractivity contribution in [2.75, 3.05) is 27.4 Å². The van der Waals surface area contributed by atoms with Crippen molar-refractivity contribution >= 4 is 16.9 Å². The van der Waals surface area contributed by atoms with Crippen LogP contribution in [0.4, 0.5) is 0 Å². The Morgan fingerprint density at radius 1 is 1.00 bits per heavy atom. The minimum atomic E-state index is -0.0439. The molecule has 1 amide bonds. The van der Waals surface area contributed by atoms with Gasteiger partial charge >= 0.3 is 0 Å². The Morgan fingerprint density at radius 3 is 2.51 bits per heavy atom. The zero-order valence-electron chi connectivity index (χ0n) is 23.4. The van der Waals surface area contributed by atoms with Gasteiger partial charge in [0.25, 0.3) is 0 Å². The minimum Gasteiger partial charge on any atom is -0.494 e. The van der Waals surface area contributed by atoms with E-state index >= 15 is 0 Å². The van der Waals surface area contributed by atoms with Gasteiger partial charge in [-0.1, -0.05) is 44.2 Å². The number of methoxy groups -OCH3 is 2. The van der Waals surface area contributed by atoms with Crippen molar-refractivity contribution in [3.63, 3.8) is 0 Å². The van der Waals surface area contributed by atoms with Crippen LogP contribution in [0.1, 0.15) is 49.6 Å². The van der Waals surface area contributed by atoms with E-state index in [1.54, 1.807) is 14.2 Å². The van der Waals surface area contributed by atoms with E-state index in [4.69, 9.17) is 19.2 Å². The lowest BCUT2D eigenvalue weighted by molar-refractivity contribution is -0.120. The van der Waals surface area contributed by atoms with Gasteiger partial charge in [0, 0.05) is 19.5 Å². The largest absolute Gasteiger partial charge is 0.494 e. The van der Waals surface area contributed by atoms with Crippen molar-refractivity contribution in [2.45, 2.75) is 52.0 Å². The second kappa shape index (κ2) is 13.7. The molecule has 7 nitrogen and oxygen atoms in total. The van der Waals surface area contributed by atoms with E-state index in [0.29, 0.717) is 37.0 Å². The van der Waals surface area contributed by atoms with E-state index in [-0.39, 0.29) is 12.3 Å². The molecule has 39 heavy (non-hydrogen) atoms. The van der Waals surface area contributed by atoms with E-state index in [2.05, 4.69) is 54.1 Å². The first-order chi connectivity index (χ1) is 19.0. The van der Waals surface area contributed by atoms with Crippen LogP contribution in [0.3, 0.4) is 0 Å². The van der Waals surface area contributed by atoms with Crippen LogP contribution in [-0.4, -0.2) is 42.8 Å². The first kappa shape index (κ1) is 28.0. The van der Waals surface area contributed by atoms with Crippen LogP contribution in [-0.2, 0) is 24.2 Å². The minimum absolute atomic E-state index is 0.0439. The van der Waals surface area contributed by atoms with Crippen LogP contribution < -0.4 is 19.5 Å². The lowest BCUT2D eigenvalue weighted by atomic mass is 9.99. The van der Waals surface area contributed by atoms with Crippen molar-refractivity contribution in [1.82, 2.24) is 14.9 Å². The first-order valence-corrected chi connectivity index (χ1v) is 13.7. The molecule has 7 heteroatoms. The molecule has 3 aromatic carbocycles. The van der Waals surface area contributed by atoms with E-state index in [1.165, 1.54) is 5.56 Å². The number of imidazole rings is 1. The van der Waals surface area contributed by atoms with Gasteiger partial charge in [0.1, 0.15) is 11.6 Å². The highest BCUT2D eigenvalue weighted by molar-refractivity contribution is 5.79. The van der Waals surface area contributed by atoms with Crippen LogP contribution >= 0.6 is 0 Å². The number of benzene rings is 3. The summed E-state index contributed by atoms with van der Waals surface area (Å²) < 4.78 is 18.9. The lowest BCUT2D eigenvalue weighted by Gasteiger charge is -2.12.